The molecule has 0 radical (unpaired) electrons. The van der Waals surface area contributed by atoms with Crippen LogP contribution in [-0.2, 0) is 6.54 Å². The summed E-state index contributed by atoms with van der Waals surface area (Å²) in [5.74, 6) is 0.918. The van der Waals surface area contributed by atoms with E-state index in [1.807, 2.05) is 25.1 Å². The molecule has 0 aliphatic heterocycles. The normalized spacial score (nSPS) is 12.3. The molecule has 2 rings (SSSR count). The summed E-state index contributed by atoms with van der Waals surface area (Å²) >= 11 is 4.38. The predicted octanol–water partition coefficient (Wildman–Crippen LogP) is 2.27. The molecule has 4 heteroatoms. The monoisotopic (exact) mass is 260 g/mol. The van der Waals surface area contributed by atoms with E-state index >= 15 is 0 Å². The van der Waals surface area contributed by atoms with Gasteiger partial charge in [-0.3, -0.25) is 9.36 Å². The lowest BCUT2D eigenvalue weighted by Gasteiger charge is -2.16. The van der Waals surface area contributed by atoms with E-state index in [9.17, 15) is 4.79 Å². The molecule has 0 saturated heterocycles. The first-order chi connectivity index (χ1) is 8.70. The van der Waals surface area contributed by atoms with Crippen molar-refractivity contribution in [2.45, 2.75) is 19.4 Å². The van der Waals surface area contributed by atoms with Crippen LogP contribution >= 0.6 is 12.6 Å². The Hall–Kier alpha value is -1.55. The Morgan fingerprint density at radius 1 is 1.33 bits per heavy atom. The largest absolute Gasteiger partial charge is 0.299 e. The van der Waals surface area contributed by atoms with Gasteiger partial charge in [-0.25, -0.2) is 4.98 Å². The third kappa shape index (κ3) is 3.01. The number of aromatic nitrogens is 2. The minimum atomic E-state index is -0.00906. The zero-order chi connectivity index (χ0) is 13.0. The van der Waals surface area contributed by atoms with Gasteiger partial charge in [0.05, 0.1) is 6.33 Å². The van der Waals surface area contributed by atoms with Crippen molar-refractivity contribution in [3.05, 3.63) is 64.3 Å². The summed E-state index contributed by atoms with van der Waals surface area (Å²) in [6.07, 6.45) is 1.61. The molecule has 0 N–H and O–H groups in total. The van der Waals surface area contributed by atoms with Crippen LogP contribution in [0.15, 0.2) is 47.5 Å². The highest BCUT2D eigenvalue weighted by Crippen LogP contribution is 2.18. The molecule has 1 unspecified atom stereocenters. The van der Waals surface area contributed by atoms with Gasteiger partial charge in [-0.05, 0) is 18.2 Å². The van der Waals surface area contributed by atoms with Gasteiger partial charge in [0.2, 0.25) is 0 Å². The number of aryl methyl sites for hydroxylation is 1. The minimum absolute atomic E-state index is 0.00906. The van der Waals surface area contributed by atoms with Crippen LogP contribution < -0.4 is 5.56 Å². The van der Waals surface area contributed by atoms with Crippen LogP contribution in [0.3, 0.4) is 0 Å². The smallest absolute Gasteiger partial charge is 0.253 e. The zero-order valence-electron chi connectivity index (χ0n) is 10.3. The number of rotatable bonds is 4. The van der Waals surface area contributed by atoms with Crippen molar-refractivity contribution in [1.82, 2.24) is 9.55 Å². The van der Waals surface area contributed by atoms with Gasteiger partial charge in [-0.2, -0.15) is 12.6 Å². The van der Waals surface area contributed by atoms with Crippen molar-refractivity contribution in [1.29, 1.82) is 0 Å². The van der Waals surface area contributed by atoms with E-state index < -0.39 is 0 Å². The Balaban J connectivity index is 2.23. The highest BCUT2D eigenvalue weighted by atomic mass is 32.1. The van der Waals surface area contributed by atoms with Crippen molar-refractivity contribution in [3.63, 3.8) is 0 Å². The fourth-order valence-corrected chi connectivity index (χ4v) is 2.21. The van der Waals surface area contributed by atoms with Crippen molar-refractivity contribution in [2.75, 3.05) is 5.75 Å². The fraction of sp³-hybridized carbons (Fsp3) is 0.286. The lowest BCUT2D eigenvalue weighted by Crippen LogP contribution is -2.24. The highest BCUT2D eigenvalue weighted by molar-refractivity contribution is 7.80. The summed E-state index contributed by atoms with van der Waals surface area (Å²) in [6.45, 7) is 2.43. The molecule has 0 amide bonds. The van der Waals surface area contributed by atoms with Gasteiger partial charge < -0.3 is 0 Å². The van der Waals surface area contributed by atoms with Gasteiger partial charge in [0.25, 0.3) is 5.56 Å². The van der Waals surface area contributed by atoms with Crippen molar-refractivity contribution >= 4 is 12.6 Å². The molecule has 1 aromatic carbocycles. The van der Waals surface area contributed by atoms with Crippen LogP contribution in [0.25, 0.3) is 0 Å². The molecule has 0 fully saturated rings. The molecule has 0 aliphatic carbocycles. The van der Waals surface area contributed by atoms with Gasteiger partial charge in [0, 0.05) is 24.2 Å². The summed E-state index contributed by atoms with van der Waals surface area (Å²) < 4.78 is 1.64. The maximum Gasteiger partial charge on any atom is 0.253 e. The SMILES string of the molecule is Cc1cc(=O)n(CC(CS)c2ccccc2)cn1. The summed E-state index contributed by atoms with van der Waals surface area (Å²) in [6, 6.07) is 11.7. The molecule has 2 aromatic rings. The average Bonchev–Trinajstić information content (AvgIpc) is 2.39. The summed E-state index contributed by atoms with van der Waals surface area (Å²) in [4.78, 5) is 16.0. The van der Waals surface area contributed by atoms with Gasteiger partial charge in [-0.1, -0.05) is 30.3 Å². The molecule has 1 aromatic heterocycles. The van der Waals surface area contributed by atoms with Crippen LogP contribution in [0.4, 0.5) is 0 Å². The van der Waals surface area contributed by atoms with Crippen LogP contribution in [0, 0.1) is 6.92 Å². The lowest BCUT2D eigenvalue weighted by atomic mass is 10.0. The van der Waals surface area contributed by atoms with Gasteiger partial charge in [0.1, 0.15) is 0 Å². The summed E-state index contributed by atoms with van der Waals surface area (Å²) in [7, 11) is 0. The summed E-state index contributed by atoms with van der Waals surface area (Å²) in [5.41, 5.74) is 1.93. The van der Waals surface area contributed by atoms with E-state index in [0.717, 1.165) is 5.69 Å². The van der Waals surface area contributed by atoms with E-state index in [1.165, 1.54) is 5.56 Å². The van der Waals surface area contributed by atoms with E-state index in [1.54, 1.807) is 17.0 Å². The molecule has 3 nitrogen and oxygen atoms in total. The summed E-state index contributed by atoms with van der Waals surface area (Å²) in [5, 5.41) is 0. The van der Waals surface area contributed by atoms with E-state index in [2.05, 4.69) is 29.7 Å². The number of benzene rings is 1. The third-order valence-corrected chi connectivity index (χ3v) is 3.37. The molecule has 0 aliphatic rings. The Morgan fingerprint density at radius 2 is 2.06 bits per heavy atom. The van der Waals surface area contributed by atoms with E-state index in [-0.39, 0.29) is 11.5 Å². The standard InChI is InChI=1S/C14H16N2OS/c1-11-7-14(17)16(10-15-11)8-13(9-18)12-5-3-2-4-6-12/h2-7,10,13,18H,8-9H2,1H3. The lowest BCUT2D eigenvalue weighted by molar-refractivity contribution is 0.576. The number of nitrogens with zero attached hydrogens (tertiary/aromatic N) is 2. The maximum atomic E-state index is 11.8. The topological polar surface area (TPSA) is 34.9 Å². The maximum absolute atomic E-state index is 11.8. The molecule has 94 valence electrons. The Bertz CT molecular complexity index is 566. The Morgan fingerprint density at radius 3 is 2.67 bits per heavy atom. The van der Waals surface area contributed by atoms with Crippen molar-refractivity contribution in [2.24, 2.45) is 0 Å². The predicted molar refractivity (Wildman–Crippen MR) is 76.3 cm³/mol. The first kappa shape index (κ1) is 12.9. The molecule has 1 heterocycles. The van der Waals surface area contributed by atoms with Gasteiger partial charge in [0.15, 0.2) is 0 Å². The average molecular weight is 260 g/mol. The molecule has 0 saturated carbocycles. The number of hydrogen-bond acceptors (Lipinski definition) is 3. The minimum Gasteiger partial charge on any atom is -0.299 e. The number of thiol groups is 1. The molecule has 18 heavy (non-hydrogen) atoms. The molecular weight excluding hydrogens is 244 g/mol. The molecule has 1 atom stereocenters. The Kier molecular flexibility index (Phi) is 4.20. The third-order valence-electron chi connectivity index (χ3n) is 2.92. The quantitative estimate of drug-likeness (QED) is 0.856. The van der Waals surface area contributed by atoms with Crippen LogP contribution in [0.1, 0.15) is 17.2 Å². The van der Waals surface area contributed by atoms with E-state index in [4.69, 9.17) is 0 Å². The first-order valence-corrected chi connectivity index (χ1v) is 6.53. The zero-order valence-corrected chi connectivity index (χ0v) is 11.2. The van der Waals surface area contributed by atoms with Crippen molar-refractivity contribution < 1.29 is 0 Å². The highest BCUT2D eigenvalue weighted by Gasteiger charge is 2.11. The molecular formula is C14H16N2OS. The van der Waals surface area contributed by atoms with Gasteiger partial charge in [-0.15, -0.1) is 0 Å². The second-order valence-electron chi connectivity index (χ2n) is 4.31. The number of hydrogen-bond donors (Lipinski definition) is 1. The van der Waals surface area contributed by atoms with E-state index in [0.29, 0.717) is 12.3 Å². The Labute approximate surface area is 112 Å². The van der Waals surface area contributed by atoms with Crippen LogP contribution in [0.2, 0.25) is 0 Å². The first-order valence-electron chi connectivity index (χ1n) is 5.89. The van der Waals surface area contributed by atoms with Crippen LogP contribution in [0.5, 0.6) is 0 Å². The second kappa shape index (κ2) is 5.87. The second-order valence-corrected chi connectivity index (χ2v) is 4.68. The van der Waals surface area contributed by atoms with Crippen LogP contribution in [-0.4, -0.2) is 15.3 Å². The van der Waals surface area contributed by atoms with Crippen molar-refractivity contribution in [3.8, 4) is 0 Å². The molecule has 0 bridgehead atoms. The molecule has 0 spiro atoms. The fourth-order valence-electron chi connectivity index (χ4n) is 1.88. The van der Waals surface area contributed by atoms with Gasteiger partial charge >= 0.3 is 0 Å².